The maximum absolute atomic E-state index is 6.77. The van der Waals surface area contributed by atoms with E-state index in [4.69, 9.17) is 14.1 Å². The SMILES string of the molecule is c1ccc(-c2ccc3c(c2)-c2ccccc2-c2oc4ccc(-c5ncc(-c6ccccc6)c6ccccc56)cc4c2O3)cc1. The van der Waals surface area contributed by atoms with Crippen LogP contribution in [-0.4, -0.2) is 4.98 Å². The number of nitrogens with zero attached hydrogens (tertiary/aromatic N) is 1. The summed E-state index contributed by atoms with van der Waals surface area (Å²) in [6.07, 6.45) is 1.99. The Balaban J connectivity index is 1.22. The van der Waals surface area contributed by atoms with Gasteiger partial charge in [0.15, 0.2) is 11.5 Å². The summed E-state index contributed by atoms with van der Waals surface area (Å²) in [6.45, 7) is 0. The van der Waals surface area contributed by atoms with Gasteiger partial charge < -0.3 is 9.15 Å². The van der Waals surface area contributed by atoms with Gasteiger partial charge in [0.1, 0.15) is 11.3 Å². The predicted molar refractivity (Wildman–Crippen MR) is 179 cm³/mol. The van der Waals surface area contributed by atoms with Crippen LogP contribution >= 0.6 is 0 Å². The van der Waals surface area contributed by atoms with E-state index >= 15 is 0 Å². The molecule has 1 aliphatic heterocycles. The Morgan fingerprint density at radius 3 is 1.93 bits per heavy atom. The monoisotopic (exact) mass is 563 g/mol. The Hall–Kier alpha value is -5.93. The summed E-state index contributed by atoms with van der Waals surface area (Å²) < 4.78 is 13.3. The Morgan fingerprint density at radius 2 is 1.11 bits per heavy atom. The molecule has 6 aromatic carbocycles. The zero-order valence-electron chi connectivity index (χ0n) is 23.7. The summed E-state index contributed by atoms with van der Waals surface area (Å²) in [4.78, 5) is 5.01. The molecule has 0 bridgehead atoms. The minimum atomic E-state index is 0.728. The van der Waals surface area contributed by atoms with Crippen LogP contribution in [0.25, 0.3) is 77.7 Å². The van der Waals surface area contributed by atoms with Crippen LogP contribution in [0.1, 0.15) is 0 Å². The van der Waals surface area contributed by atoms with Gasteiger partial charge in [0.25, 0.3) is 0 Å². The fraction of sp³-hybridized carbons (Fsp3) is 0. The van der Waals surface area contributed by atoms with E-state index in [0.29, 0.717) is 0 Å². The quantitative estimate of drug-likeness (QED) is 0.214. The summed E-state index contributed by atoms with van der Waals surface area (Å²) in [6, 6.07) is 50.4. The maximum Gasteiger partial charge on any atom is 0.181 e. The molecule has 3 heterocycles. The van der Waals surface area contributed by atoms with Crippen LogP contribution in [0.3, 0.4) is 0 Å². The molecule has 0 atom stereocenters. The van der Waals surface area contributed by atoms with Gasteiger partial charge in [-0.3, -0.25) is 4.98 Å². The first-order valence-corrected chi connectivity index (χ1v) is 14.8. The van der Waals surface area contributed by atoms with E-state index in [1.165, 1.54) is 10.9 Å². The smallest absolute Gasteiger partial charge is 0.181 e. The lowest BCUT2D eigenvalue weighted by Gasteiger charge is -2.12. The van der Waals surface area contributed by atoms with Gasteiger partial charge in [-0.05, 0) is 58.0 Å². The molecule has 3 heteroatoms. The van der Waals surface area contributed by atoms with E-state index in [9.17, 15) is 0 Å². The van der Waals surface area contributed by atoms with E-state index in [0.717, 1.165) is 78.3 Å². The van der Waals surface area contributed by atoms with E-state index in [1.807, 2.05) is 24.4 Å². The molecule has 0 amide bonds. The molecule has 206 valence electrons. The number of pyridine rings is 1. The third-order valence-corrected chi connectivity index (χ3v) is 8.56. The van der Waals surface area contributed by atoms with Crippen molar-refractivity contribution in [3.05, 3.63) is 152 Å². The molecule has 0 aliphatic carbocycles. The first-order chi connectivity index (χ1) is 21.8. The molecular formula is C41H25NO2. The van der Waals surface area contributed by atoms with Crippen LogP contribution in [0.15, 0.2) is 156 Å². The van der Waals surface area contributed by atoms with Gasteiger partial charge in [0.05, 0.1) is 11.1 Å². The fourth-order valence-electron chi connectivity index (χ4n) is 6.44. The average Bonchev–Trinajstić information content (AvgIpc) is 3.39. The lowest BCUT2D eigenvalue weighted by Crippen LogP contribution is -1.90. The number of aromatic nitrogens is 1. The number of hydrogen-bond acceptors (Lipinski definition) is 3. The molecule has 8 aromatic rings. The largest absolute Gasteiger partial charge is 0.452 e. The molecule has 0 spiro atoms. The Labute approximate surface area is 254 Å². The number of hydrogen-bond donors (Lipinski definition) is 0. The van der Waals surface area contributed by atoms with Crippen LogP contribution in [0.2, 0.25) is 0 Å². The molecule has 0 fully saturated rings. The van der Waals surface area contributed by atoms with Crippen molar-refractivity contribution in [1.82, 2.24) is 4.98 Å². The molecule has 0 unspecified atom stereocenters. The Morgan fingerprint density at radius 1 is 0.432 bits per heavy atom. The third kappa shape index (κ3) is 3.87. The number of ether oxygens (including phenoxy) is 1. The molecule has 44 heavy (non-hydrogen) atoms. The summed E-state index contributed by atoms with van der Waals surface area (Å²) in [5.41, 5.74) is 10.4. The average molecular weight is 564 g/mol. The first kappa shape index (κ1) is 24.6. The van der Waals surface area contributed by atoms with Gasteiger partial charge in [-0.2, -0.15) is 0 Å². The van der Waals surface area contributed by atoms with Gasteiger partial charge >= 0.3 is 0 Å². The van der Waals surface area contributed by atoms with E-state index in [-0.39, 0.29) is 0 Å². The topological polar surface area (TPSA) is 35.3 Å². The first-order valence-electron chi connectivity index (χ1n) is 14.8. The lowest BCUT2D eigenvalue weighted by atomic mass is 9.94. The molecule has 1 aliphatic rings. The van der Waals surface area contributed by atoms with E-state index in [2.05, 4.69) is 127 Å². The van der Waals surface area contributed by atoms with Crippen LogP contribution in [0.5, 0.6) is 11.5 Å². The number of furan rings is 1. The summed E-state index contributed by atoms with van der Waals surface area (Å²) in [5, 5.41) is 3.20. The highest BCUT2D eigenvalue weighted by molar-refractivity contribution is 6.05. The van der Waals surface area contributed by atoms with Gasteiger partial charge in [-0.15, -0.1) is 0 Å². The van der Waals surface area contributed by atoms with Gasteiger partial charge in [0.2, 0.25) is 0 Å². The molecular weight excluding hydrogens is 538 g/mol. The molecule has 2 aromatic heterocycles. The summed E-state index contributed by atoms with van der Waals surface area (Å²) >= 11 is 0. The molecule has 0 saturated carbocycles. The van der Waals surface area contributed by atoms with Gasteiger partial charge in [-0.1, -0.05) is 115 Å². The van der Waals surface area contributed by atoms with Crippen molar-refractivity contribution in [2.75, 3.05) is 0 Å². The fourth-order valence-corrected chi connectivity index (χ4v) is 6.44. The minimum Gasteiger partial charge on any atom is -0.452 e. The second-order valence-corrected chi connectivity index (χ2v) is 11.1. The number of rotatable bonds is 3. The second kappa shape index (κ2) is 9.82. The van der Waals surface area contributed by atoms with Gasteiger partial charge in [-0.25, -0.2) is 0 Å². The zero-order chi connectivity index (χ0) is 29.0. The third-order valence-electron chi connectivity index (χ3n) is 8.56. The normalized spacial score (nSPS) is 11.8. The highest BCUT2D eigenvalue weighted by atomic mass is 16.5. The Kier molecular flexibility index (Phi) is 5.50. The zero-order valence-corrected chi connectivity index (χ0v) is 23.7. The summed E-state index contributed by atoms with van der Waals surface area (Å²) in [7, 11) is 0. The van der Waals surface area contributed by atoms with E-state index < -0.39 is 0 Å². The molecule has 3 nitrogen and oxygen atoms in total. The summed E-state index contributed by atoms with van der Waals surface area (Å²) in [5.74, 6) is 2.27. The minimum absolute atomic E-state index is 0.728. The Bertz CT molecular complexity index is 2350. The van der Waals surface area contributed by atoms with Gasteiger partial charge in [0, 0.05) is 33.8 Å². The standard InChI is InChI=1S/C41H25NO2/c1-3-11-26(12-4-1)28-19-21-37-34(23-28)31-16-8-10-18-33(31)40-41(43-37)35-24-29(20-22-38(35)44-40)39-32-17-9-7-15-30(32)36(25-42-39)27-13-5-2-6-14-27/h1-25H. The van der Waals surface area contributed by atoms with Crippen LogP contribution in [0, 0.1) is 0 Å². The van der Waals surface area contributed by atoms with Crippen molar-refractivity contribution < 1.29 is 9.15 Å². The predicted octanol–water partition coefficient (Wildman–Crippen LogP) is 11.4. The lowest BCUT2D eigenvalue weighted by molar-refractivity contribution is 0.481. The van der Waals surface area contributed by atoms with Crippen molar-refractivity contribution in [2.24, 2.45) is 0 Å². The molecule has 9 rings (SSSR count). The van der Waals surface area contributed by atoms with Crippen molar-refractivity contribution >= 4 is 21.7 Å². The highest BCUT2D eigenvalue weighted by Gasteiger charge is 2.27. The maximum atomic E-state index is 6.77. The van der Waals surface area contributed by atoms with Crippen molar-refractivity contribution in [2.45, 2.75) is 0 Å². The number of fused-ring (bicyclic) bond motifs is 8. The van der Waals surface area contributed by atoms with E-state index in [1.54, 1.807) is 0 Å². The van der Waals surface area contributed by atoms with Crippen molar-refractivity contribution in [1.29, 1.82) is 0 Å². The molecule has 0 saturated heterocycles. The molecule has 0 radical (unpaired) electrons. The van der Waals surface area contributed by atoms with Crippen LogP contribution in [0.4, 0.5) is 0 Å². The van der Waals surface area contributed by atoms with Crippen LogP contribution < -0.4 is 4.74 Å². The number of benzene rings is 6. The highest BCUT2D eigenvalue weighted by Crippen LogP contribution is 2.52. The van der Waals surface area contributed by atoms with Crippen LogP contribution in [-0.2, 0) is 0 Å². The molecule has 0 N–H and O–H groups in total. The second-order valence-electron chi connectivity index (χ2n) is 11.1. The van der Waals surface area contributed by atoms with Crippen molar-refractivity contribution in [3.8, 4) is 67.5 Å². The van der Waals surface area contributed by atoms with Crippen molar-refractivity contribution in [3.63, 3.8) is 0 Å².